The molecule has 2 aromatic rings. The molecule has 1 N–H and O–H groups in total. The molecule has 4 heteroatoms. The summed E-state index contributed by atoms with van der Waals surface area (Å²) in [6.45, 7) is 5.73. The van der Waals surface area contributed by atoms with E-state index >= 15 is 0 Å². The highest BCUT2D eigenvalue weighted by Crippen LogP contribution is 2.27. The molecule has 21 heavy (non-hydrogen) atoms. The number of halogens is 1. The van der Waals surface area contributed by atoms with Crippen LogP contribution in [-0.2, 0) is 13.1 Å². The van der Waals surface area contributed by atoms with Crippen LogP contribution < -0.4 is 5.32 Å². The van der Waals surface area contributed by atoms with Crippen LogP contribution in [0, 0.1) is 12.7 Å². The average Bonchev–Trinajstić information content (AvgIpc) is 3.23. The van der Waals surface area contributed by atoms with Crippen molar-refractivity contribution in [2.45, 2.75) is 52.2 Å². The Kier molecular flexibility index (Phi) is 4.06. The normalized spacial score (nSPS) is 14.6. The minimum absolute atomic E-state index is 0.163. The van der Waals surface area contributed by atoms with Crippen molar-refractivity contribution in [1.29, 1.82) is 0 Å². The Morgan fingerprint density at radius 1 is 1.33 bits per heavy atom. The van der Waals surface area contributed by atoms with E-state index in [2.05, 4.69) is 17.3 Å². The summed E-state index contributed by atoms with van der Waals surface area (Å²) < 4.78 is 16.3. The second kappa shape index (κ2) is 5.98. The van der Waals surface area contributed by atoms with Gasteiger partial charge in [0.25, 0.3) is 0 Å². The van der Waals surface area contributed by atoms with Crippen molar-refractivity contribution < 1.29 is 4.39 Å². The molecule has 1 aliphatic rings. The van der Waals surface area contributed by atoms with E-state index in [1.165, 1.54) is 12.8 Å². The Balaban J connectivity index is 1.81. The molecule has 0 bridgehead atoms. The van der Waals surface area contributed by atoms with Crippen LogP contribution in [0.15, 0.2) is 24.4 Å². The highest BCUT2D eigenvalue weighted by Gasteiger charge is 2.20. The first-order chi connectivity index (χ1) is 10.2. The lowest BCUT2D eigenvalue weighted by Gasteiger charge is -2.08. The van der Waals surface area contributed by atoms with Gasteiger partial charge in [0.05, 0.1) is 6.20 Å². The van der Waals surface area contributed by atoms with Gasteiger partial charge in [0.2, 0.25) is 0 Å². The lowest BCUT2D eigenvalue weighted by Crippen LogP contribution is -2.15. The number of hydrogen-bond donors (Lipinski definition) is 1. The third kappa shape index (κ3) is 3.16. The van der Waals surface area contributed by atoms with Gasteiger partial charge in [0.1, 0.15) is 5.82 Å². The molecule has 0 radical (unpaired) electrons. The number of hydrogen-bond acceptors (Lipinski definition) is 2. The summed E-state index contributed by atoms with van der Waals surface area (Å²) >= 11 is 0. The maximum Gasteiger partial charge on any atom is 0.131 e. The summed E-state index contributed by atoms with van der Waals surface area (Å²) in [4.78, 5) is 0. The highest BCUT2D eigenvalue weighted by molar-refractivity contribution is 5.66. The van der Waals surface area contributed by atoms with Crippen LogP contribution in [0.2, 0.25) is 0 Å². The van der Waals surface area contributed by atoms with E-state index in [0.29, 0.717) is 11.6 Å². The summed E-state index contributed by atoms with van der Waals surface area (Å²) in [7, 11) is 0. The van der Waals surface area contributed by atoms with E-state index in [1.54, 1.807) is 12.3 Å². The Labute approximate surface area is 125 Å². The zero-order valence-corrected chi connectivity index (χ0v) is 12.7. The van der Waals surface area contributed by atoms with Crippen molar-refractivity contribution in [3.05, 3.63) is 41.5 Å². The number of aryl methyl sites for hydroxylation is 1. The van der Waals surface area contributed by atoms with Gasteiger partial charge in [-0.3, -0.25) is 4.68 Å². The molecule has 1 aliphatic carbocycles. The Morgan fingerprint density at radius 2 is 2.14 bits per heavy atom. The highest BCUT2D eigenvalue weighted by atomic mass is 19.1. The van der Waals surface area contributed by atoms with Crippen molar-refractivity contribution >= 4 is 0 Å². The van der Waals surface area contributed by atoms with Crippen molar-refractivity contribution in [3.63, 3.8) is 0 Å². The van der Waals surface area contributed by atoms with E-state index in [-0.39, 0.29) is 5.82 Å². The fraction of sp³-hybridized carbons (Fsp3) is 0.471. The molecule has 1 heterocycles. The molecule has 1 saturated carbocycles. The van der Waals surface area contributed by atoms with Gasteiger partial charge in [-0.2, -0.15) is 5.10 Å². The molecule has 0 amide bonds. The van der Waals surface area contributed by atoms with Gasteiger partial charge in [0.15, 0.2) is 0 Å². The Morgan fingerprint density at radius 3 is 2.81 bits per heavy atom. The maximum atomic E-state index is 14.4. The van der Waals surface area contributed by atoms with Gasteiger partial charge in [-0.1, -0.05) is 19.1 Å². The molecule has 0 saturated heterocycles. The third-order valence-corrected chi connectivity index (χ3v) is 4.03. The molecule has 0 unspecified atom stereocenters. The number of nitrogens with one attached hydrogen (secondary N) is 1. The molecular weight excluding hydrogens is 265 g/mol. The Hall–Kier alpha value is -1.68. The minimum atomic E-state index is -0.163. The van der Waals surface area contributed by atoms with Gasteiger partial charge in [-0.15, -0.1) is 0 Å². The summed E-state index contributed by atoms with van der Waals surface area (Å²) in [5, 5.41) is 7.76. The van der Waals surface area contributed by atoms with Gasteiger partial charge in [-0.05, 0) is 37.8 Å². The molecular formula is C17H22FN3. The summed E-state index contributed by atoms with van der Waals surface area (Å²) in [6, 6.07) is 6.16. The van der Waals surface area contributed by atoms with Crippen LogP contribution in [0.3, 0.4) is 0 Å². The van der Waals surface area contributed by atoms with Crippen molar-refractivity contribution in [3.8, 4) is 11.1 Å². The van der Waals surface area contributed by atoms with Crippen LogP contribution in [0.4, 0.5) is 4.39 Å². The van der Waals surface area contributed by atoms with Crippen LogP contribution in [0.25, 0.3) is 11.1 Å². The molecule has 1 aromatic carbocycles. The molecule has 0 aliphatic heterocycles. The lowest BCUT2D eigenvalue weighted by atomic mass is 10.0. The van der Waals surface area contributed by atoms with Gasteiger partial charge < -0.3 is 5.32 Å². The fourth-order valence-electron chi connectivity index (χ4n) is 2.58. The topological polar surface area (TPSA) is 29.9 Å². The molecule has 3 rings (SSSR count). The molecule has 0 atom stereocenters. The van der Waals surface area contributed by atoms with Crippen molar-refractivity contribution in [2.24, 2.45) is 0 Å². The second-order valence-electron chi connectivity index (χ2n) is 5.84. The predicted molar refractivity (Wildman–Crippen MR) is 82.5 cm³/mol. The summed E-state index contributed by atoms with van der Waals surface area (Å²) in [6.07, 6.45) is 5.29. The first-order valence-corrected chi connectivity index (χ1v) is 7.73. The van der Waals surface area contributed by atoms with Crippen LogP contribution in [0.5, 0.6) is 0 Å². The lowest BCUT2D eigenvalue weighted by molar-refractivity contribution is 0.587. The number of rotatable bonds is 6. The first kappa shape index (κ1) is 14.3. The SMILES string of the molecule is CCCn1ncc(-c2ccc(CNC3CC3)cc2F)c1C. The molecule has 1 aromatic heterocycles. The van der Waals surface area contributed by atoms with E-state index in [1.807, 2.05) is 23.7 Å². The standard InChI is InChI=1S/C17H22FN3/c1-3-8-21-12(2)16(11-20-21)15-7-4-13(9-17(15)18)10-19-14-5-6-14/h4,7,9,11,14,19H,3,5-6,8,10H2,1-2H3. The molecule has 1 fully saturated rings. The average molecular weight is 287 g/mol. The maximum absolute atomic E-state index is 14.4. The minimum Gasteiger partial charge on any atom is -0.310 e. The second-order valence-corrected chi connectivity index (χ2v) is 5.84. The molecule has 0 spiro atoms. The van der Waals surface area contributed by atoms with E-state index in [9.17, 15) is 4.39 Å². The van der Waals surface area contributed by atoms with E-state index < -0.39 is 0 Å². The third-order valence-electron chi connectivity index (χ3n) is 4.03. The van der Waals surface area contributed by atoms with Gasteiger partial charge >= 0.3 is 0 Å². The van der Waals surface area contributed by atoms with E-state index in [0.717, 1.165) is 36.3 Å². The van der Waals surface area contributed by atoms with Crippen LogP contribution in [-0.4, -0.2) is 15.8 Å². The Bertz CT molecular complexity index is 629. The van der Waals surface area contributed by atoms with Crippen molar-refractivity contribution in [1.82, 2.24) is 15.1 Å². The quantitative estimate of drug-likeness (QED) is 0.878. The number of aromatic nitrogens is 2. The van der Waals surface area contributed by atoms with Crippen LogP contribution in [0.1, 0.15) is 37.4 Å². The zero-order valence-electron chi connectivity index (χ0n) is 12.7. The largest absolute Gasteiger partial charge is 0.310 e. The molecule has 112 valence electrons. The number of benzene rings is 1. The van der Waals surface area contributed by atoms with E-state index in [4.69, 9.17) is 0 Å². The summed E-state index contributed by atoms with van der Waals surface area (Å²) in [5.41, 5.74) is 3.56. The zero-order chi connectivity index (χ0) is 14.8. The monoisotopic (exact) mass is 287 g/mol. The van der Waals surface area contributed by atoms with Gasteiger partial charge in [0, 0.05) is 36.0 Å². The summed E-state index contributed by atoms with van der Waals surface area (Å²) in [5.74, 6) is -0.163. The van der Waals surface area contributed by atoms with Crippen molar-refractivity contribution in [2.75, 3.05) is 0 Å². The molecule has 3 nitrogen and oxygen atoms in total. The van der Waals surface area contributed by atoms with Gasteiger partial charge in [-0.25, -0.2) is 4.39 Å². The smallest absolute Gasteiger partial charge is 0.131 e. The first-order valence-electron chi connectivity index (χ1n) is 7.73. The number of nitrogens with zero attached hydrogens (tertiary/aromatic N) is 2. The predicted octanol–water partition coefficient (Wildman–Crippen LogP) is 3.66. The fourth-order valence-corrected chi connectivity index (χ4v) is 2.58. The van der Waals surface area contributed by atoms with Crippen LogP contribution >= 0.6 is 0 Å².